The molecule has 2 N–H and O–H groups in total. The summed E-state index contributed by atoms with van der Waals surface area (Å²) in [7, 11) is 0. The van der Waals surface area contributed by atoms with Gasteiger partial charge in [-0.05, 0) is 49.7 Å². The summed E-state index contributed by atoms with van der Waals surface area (Å²) in [6.45, 7) is 2.70. The number of benzene rings is 1. The van der Waals surface area contributed by atoms with Gasteiger partial charge in [-0.3, -0.25) is 9.69 Å². The number of β-amino-alcohol motifs (C(OH)–C–C–N with tert-alkyl or cyclic N) is 1. The van der Waals surface area contributed by atoms with Crippen LogP contribution in [0.5, 0.6) is 0 Å². The Balaban J connectivity index is 1.18. The monoisotopic (exact) mass is 460 g/mol. The maximum absolute atomic E-state index is 13.2. The number of anilines is 1. The number of amides is 1. The summed E-state index contributed by atoms with van der Waals surface area (Å²) < 4.78 is 0. The molecular formula is C26H32N6O2. The molecule has 1 saturated carbocycles. The third-order valence-electron chi connectivity index (χ3n) is 7.61. The molecule has 8 heteroatoms. The van der Waals surface area contributed by atoms with Gasteiger partial charge in [0.2, 0.25) is 0 Å². The number of nitriles is 1. The molecular weight excluding hydrogens is 428 g/mol. The molecule has 178 valence electrons. The van der Waals surface area contributed by atoms with Crippen LogP contribution in [-0.2, 0) is 13.0 Å². The second kappa shape index (κ2) is 10.1. The molecule has 1 amide bonds. The zero-order chi connectivity index (χ0) is 23.5. The predicted octanol–water partition coefficient (Wildman–Crippen LogP) is 2.60. The second-order valence-corrected chi connectivity index (χ2v) is 9.77. The molecule has 1 aromatic heterocycles. The van der Waals surface area contributed by atoms with Crippen LogP contribution < -0.4 is 5.32 Å². The highest BCUT2D eigenvalue weighted by atomic mass is 16.3. The summed E-state index contributed by atoms with van der Waals surface area (Å²) in [6.07, 6.45) is 6.20. The molecule has 3 heterocycles. The van der Waals surface area contributed by atoms with Crippen LogP contribution in [0.3, 0.4) is 0 Å². The minimum absolute atomic E-state index is 0.0589. The summed E-state index contributed by atoms with van der Waals surface area (Å²) in [4.78, 5) is 25.7. The van der Waals surface area contributed by atoms with E-state index in [0.29, 0.717) is 24.6 Å². The Labute approximate surface area is 200 Å². The molecule has 2 aromatic rings. The van der Waals surface area contributed by atoms with Gasteiger partial charge in [0, 0.05) is 50.2 Å². The van der Waals surface area contributed by atoms with Crippen molar-refractivity contribution in [2.24, 2.45) is 5.92 Å². The van der Waals surface area contributed by atoms with E-state index in [1.54, 1.807) is 11.0 Å². The topological polar surface area (TPSA) is 105 Å². The molecule has 3 aliphatic rings. The number of fused-ring (bicyclic) bond motifs is 1. The van der Waals surface area contributed by atoms with Gasteiger partial charge in [0.05, 0.1) is 12.2 Å². The zero-order valence-corrected chi connectivity index (χ0v) is 19.4. The lowest BCUT2D eigenvalue weighted by Gasteiger charge is -2.43. The van der Waals surface area contributed by atoms with Crippen LogP contribution in [0.1, 0.15) is 53.7 Å². The smallest absolute Gasteiger partial charge is 0.272 e. The molecule has 0 spiro atoms. The molecule has 0 bridgehead atoms. The van der Waals surface area contributed by atoms with Crippen molar-refractivity contribution in [2.75, 3.05) is 25.0 Å². The zero-order valence-electron chi connectivity index (χ0n) is 19.4. The molecule has 2 atom stereocenters. The molecule has 1 aliphatic carbocycles. The van der Waals surface area contributed by atoms with E-state index in [2.05, 4.69) is 50.5 Å². The number of nitrogens with zero attached hydrogens (tertiary/aromatic N) is 5. The van der Waals surface area contributed by atoms with E-state index in [4.69, 9.17) is 5.26 Å². The summed E-state index contributed by atoms with van der Waals surface area (Å²) in [6, 6.07) is 12.9. The normalized spacial score (nSPS) is 27.5. The molecule has 1 aromatic carbocycles. The summed E-state index contributed by atoms with van der Waals surface area (Å²) in [5, 5.41) is 23.4. The van der Waals surface area contributed by atoms with Crippen LogP contribution in [0.4, 0.5) is 5.82 Å². The van der Waals surface area contributed by atoms with Crippen molar-refractivity contribution in [2.45, 2.75) is 63.3 Å². The molecule has 2 fully saturated rings. The number of likely N-dealkylation sites (tertiary alicyclic amines) is 1. The third kappa shape index (κ3) is 4.91. The molecule has 2 aliphatic heterocycles. The molecule has 1 unspecified atom stereocenters. The van der Waals surface area contributed by atoms with Crippen LogP contribution >= 0.6 is 0 Å². The first-order valence-electron chi connectivity index (χ1n) is 12.4. The summed E-state index contributed by atoms with van der Waals surface area (Å²) in [5.74, 6) is 0.621. The van der Waals surface area contributed by atoms with Crippen molar-refractivity contribution in [3.63, 3.8) is 0 Å². The molecule has 8 nitrogen and oxygen atoms in total. The van der Waals surface area contributed by atoms with Crippen LogP contribution in [0.25, 0.3) is 0 Å². The van der Waals surface area contributed by atoms with Gasteiger partial charge in [-0.15, -0.1) is 0 Å². The highest BCUT2D eigenvalue weighted by Crippen LogP contribution is 2.27. The van der Waals surface area contributed by atoms with Crippen molar-refractivity contribution < 1.29 is 9.90 Å². The molecule has 5 rings (SSSR count). The average molecular weight is 461 g/mol. The van der Waals surface area contributed by atoms with Crippen LogP contribution in [-0.4, -0.2) is 68.6 Å². The van der Waals surface area contributed by atoms with Crippen molar-refractivity contribution in [3.8, 4) is 6.07 Å². The van der Waals surface area contributed by atoms with E-state index < -0.39 is 6.10 Å². The van der Waals surface area contributed by atoms with Gasteiger partial charge in [-0.2, -0.15) is 5.26 Å². The van der Waals surface area contributed by atoms with Gasteiger partial charge < -0.3 is 15.3 Å². The first-order valence-corrected chi connectivity index (χ1v) is 12.4. The molecule has 0 radical (unpaired) electrons. The Morgan fingerprint density at radius 2 is 1.88 bits per heavy atom. The first kappa shape index (κ1) is 22.8. The number of hydrogen-bond donors (Lipinski definition) is 2. The minimum Gasteiger partial charge on any atom is -0.390 e. The number of piperidine rings is 1. The number of aliphatic hydroxyl groups is 1. The highest BCUT2D eigenvalue weighted by Gasteiger charge is 2.35. The third-order valence-corrected chi connectivity index (χ3v) is 7.61. The largest absolute Gasteiger partial charge is 0.390 e. The number of aromatic nitrogens is 2. The van der Waals surface area contributed by atoms with Crippen LogP contribution in [0.15, 0.2) is 36.7 Å². The lowest BCUT2D eigenvalue weighted by Crippen LogP contribution is -2.56. The van der Waals surface area contributed by atoms with E-state index in [-0.39, 0.29) is 23.9 Å². The quantitative estimate of drug-likeness (QED) is 0.722. The van der Waals surface area contributed by atoms with E-state index in [9.17, 15) is 9.90 Å². The molecule has 1 saturated heterocycles. The van der Waals surface area contributed by atoms with Crippen molar-refractivity contribution in [1.82, 2.24) is 19.8 Å². The summed E-state index contributed by atoms with van der Waals surface area (Å²) >= 11 is 0. The fourth-order valence-corrected chi connectivity index (χ4v) is 5.62. The van der Waals surface area contributed by atoms with Gasteiger partial charge in [0.15, 0.2) is 0 Å². The van der Waals surface area contributed by atoms with E-state index in [0.717, 1.165) is 51.6 Å². The highest BCUT2D eigenvalue weighted by molar-refractivity contribution is 5.93. The average Bonchev–Trinajstić information content (AvgIpc) is 2.88. The first-order chi connectivity index (χ1) is 16.6. The fourth-order valence-electron chi connectivity index (χ4n) is 5.62. The van der Waals surface area contributed by atoms with Crippen molar-refractivity contribution >= 4 is 11.7 Å². The van der Waals surface area contributed by atoms with Crippen LogP contribution in [0.2, 0.25) is 0 Å². The number of carbonyl (C=O) groups excluding carboxylic acids is 1. The number of nitrogens with one attached hydrogen (secondary N) is 1. The van der Waals surface area contributed by atoms with Gasteiger partial charge in [0.1, 0.15) is 17.8 Å². The summed E-state index contributed by atoms with van der Waals surface area (Å²) in [5.41, 5.74) is 3.08. The van der Waals surface area contributed by atoms with Crippen molar-refractivity contribution in [3.05, 3.63) is 53.5 Å². The maximum Gasteiger partial charge on any atom is 0.272 e. The Hall–Kier alpha value is -3.02. The Kier molecular flexibility index (Phi) is 6.75. The van der Waals surface area contributed by atoms with Gasteiger partial charge in [-0.25, -0.2) is 9.97 Å². The van der Waals surface area contributed by atoms with E-state index in [1.807, 2.05) is 0 Å². The number of aliphatic hydroxyl groups excluding tert-OH is 1. The number of rotatable bonds is 4. The lowest BCUT2D eigenvalue weighted by molar-refractivity contribution is -0.0139. The number of hydrogen-bond acceptors (Lipinski definition) is 7. The van der Waals surface area contributed by atoms with Gasteiger partial charge in [0.25, 0.3) is 5.91 Å². The fraction of sp³-hybridized carbons (Fsp3) is 0.538. The Morgan fingerprint density at radius 1 is 1.09 bits per heavy atom. The predicted molar refractivity (Wildman–Crippen MR) is 128 cm³/mol. The lowest BCUT2D eigenvalue weighted by atomic mass is 9.87. The Bertz CT molecular complexity index is 1060. The van der Waals surface area contributed by atoms with Gasteiger partial charge in [-0.1, -0.05) is 24.3 Å². The van der Waals surface area contributed by atoms with E-state index >= 15 is 0 Å². The van der Waals surface area contributed by atoms with E-state index in [1.165, 1.54) is 17.5 Å². The number of carbonyl (C=O) groups is 1. The van der Waals surface area contributed by atoms with Crippen molar-refractivity contribution in [1.29, 1.82) is 5.26 Å². The standard InChI is InChI=1S/C26H32N6O2/c27-14-18-5-7-21(8-6-18)30-25-13-22(28-17-29-25)26(34)32-12-10-23(24(33)16-32)31-11-9-19-3-1-2-4-20(19)15-31/h1-4,13,17-18,21,23-24,33H,5-12,15-16H2,(H,28,29,30)/t18?,21?,23-,24?/m0/s1. The Morgan fingerprint density at radius 3 is 2.65 bits per heavy atom. The maximum atomic E-state index is 13.2. The SMILES string of the molecule is N#CC1CCC(Nc2cc(C(=O)N3CC[C@H](N4CCc5ccccc5C4)C(O)C3)ncn2)CC1. The van der Waals surface area contributed by atoms with Gasteiger partial charge >= 0.3 is 0 Å². The van der Waals surface area contributed by atoms with Crippen LogP contribution in [0, 0.1) is 17.2 Å². The molecule has 34 heavy (non-hydrogen) atoms. The minimum atomic E-state index is -0.585. The second-order valence-electron chi connectivity index (χ2n) is 9.77.